The molecule has 0 saturated carbocycles. The lowest BCUT2D eigenvalue weighted by molar-refractivity contribution is -0.115. The molecule has 1 aromatic rings. The maximum Gasteiger partial charge on any atom is 0.228 e. The number of hydrogen-bond donors (Lipinski definition) is 1. The van der Waals surface area contributed by atoms with Crippen molar-refractivity contribution in [3.05, 3.63) is 42.0 Å². The first-order valence-electron chi connectivity index (χ1n) is 6.23. The number of nitrogens with one attached hydrogen (secondary N) is 1. The molecule has 2 heteroatoms. The number of hydrogen-bond acceptors (Lipinski definition) is 1. The van der Waals surface area contributed by atoms with Crippen LogP contribution in [0.4, 0.5) is 5.69 Å². The van der Waals surface area contributed by atoms with E-state index >= 15 is 0 Å². The number of carbonyl (C=O) groups is 1. The largest absolute Gasteiger partial charge is 0.326 e. The average Bonchev–Trinajstić information content (AvgIpc) is 2.35. The Balaban J connectivity index is 2.35. The van der Waals surface area contributed by atoms with Crippen molar-refractivity contribution in [2.45, 2.75) is 39.5 Å². The van der Waals surface area contributed by atoms with Gasteiger partial charge in [-0.3, -0.25) is 4.79 Å². The molecule has 0 radical (unpaired) electrons. The van der Waals surface area contributed by atoms with Gasteiger partial charge >= 0.3 is 0 Å². The highest BCUT2D eigenvalue weighted by Crippen LogP contribution is 2.09. The minimum atomic E-state index is 0.0482. The van der Waals surface area contributed by atoms with Gasteiger partial charge in [0.2, 0.25) is 5.91 Å². The molecule has 2 nitrogen and oxygen atoms in total. The minimum absolute atomic E-state index is 0.0482. The van der Waals surface area contributed by atoms with Crippen LogP contribution in [0.5, 0.6) is 0 Å². The fourth-order valence-corrected chi connectivity index (χ4v) is 1.56. The van der Waals surface area contributed by atoms with E-state index in [0.717, 1.165) is 12.1 Å². The monoisotopic (exact) mass is 231 g/mol. The average molecular weight is 231 g/mol. The van der Waals surface area contributed by atoms with Crippen LogP contribution in [-0.2, 0) is 4.79 Å². The Morgan fingerprint density at radius 1 is 1.29 bits per heavy atom. The summed E-state index contributed by atoms with van der Waals surface area (Å²) in [4.78, 5) is 11.6. The Hall–Kier alpha value is -1.57. The molecular weight excluding hydrogens is 210 g/mol. The fourth-order valence-electron chi connectivity index (χ4n) is 1.56. The van der Waals surface area contributed by atoms with Crippen LogP contribution in [0.3, 0.4) is 0 Å². The lowest BCUT2D eigenvalue weighted by Crippen LogP contribution is -2.09. The Labute approximate surface area is 104 Å². The van der Waals surface area contributed by atoms with E-state index in [0.29, 0.717) is 6.42 Å². The molecule has 0 aliphatic carbocycles. The van der Waals surface area contributed by atoms with Crippen LogP contribution in [0.15, 0.2) is 42.0 Å². The number of unbranched alkanes of at least 4 members (excludes halogenated alkanes) is 1. The van der Waals surface area contributed by atoms with Gasteiger partial charge in [0, 0.05) is 12.1 Å². The van der Waals surface area contributed by atoms with E-state index in [9.17, 15) is 4.79 Å². The molecule has 0 bridgehead atoms. The number of carbonyl (C=O) groups excluding carboxylic acids is 1. The van der Waals surface area contributed by atoms with Gasteiger partial charge in [0.1, 0.15) is 0 Å². The second-order valence-corrected chi connectivity index (χ2v) is 4.27. The van der Waals surface area contributed by atoms with Crippen molar-refractivity contribution in [2.24, 2.45) is 0 Å². The summed E-state index contributed by atoms with van der Waals surface area (Å²) in [5.74, 6) is 0.0482. The third kappa shape index (κ3) is 5.91. The van der Waals surface area contributed by atoms with Crippen LogP contribution in [0.2, 0.25) is 0 Å². The molecule has 0 fully saturated rings. The van der Waals surface area contributed by atoms with Gasteiger partial charge in [-0.1, -0.05) is 43.2 Å². The van der Waals surface area contributed by atoms with Crippen molar-refractivity contribution >= 4 is 11.6 Å². The molecule has 0 spiro atoms. The first-order valence-corrected chi connectivity index (χ1v) is 6.23. The van der Waals surface area contributed by atoms with Gasteiger partial charge in [-0.15, -0.1) is 0 Å². The zero-order chi connectivity index (χ0) is 12.5. The quantitative estimate of drug-likeness (QED) is 0.732. The highest BCUT2D eigenvalue weighted by Gasteiger charge is 1.99. The SMILES string of the molecule is CCCC/C(C)=C/CC(=O)Nc1ccccc1. The molecule has 1 N–H and O–H groups in total. The summed E-state index contributed by atoms with van der Waals surface area (Å²) in [6, 6.07) is 9.55. The summed E-state index contributed by atoms with van der Waals surface area (Å²) in [7, 11) is 0. The molecule has 0 aliphatic rings. The van der Waals surface area contributed by atoms with Gasteiger partial charge in [0.15, 0.2) is 0 Å². The van der Waals surface area contributed by atoms with Crippen molar-refractivity contribution in [1.82, 2.24) is 0 Å². The zero-order valence-electron chi connectivity index (χ0n) is 10.7. The molecule has 17 heavy (non-hydrogen) atoms. The van der Waals surface area contributed by atoms with Gasteiger partial charge in [-0.2, -0.15) is 0 Å². The molecule has 92 valence electrons. The predicted molar refractivity (Wildman–Crippen MR) is 73.0 cm³/mol. The van der Waals surface area contributed by atoms with Crippen molar-refractivity contribution in [3.63, 3.8) is 0 Å². The molecule has 0 saturated heterocycles. The second kappa shape index (κ2) is 7.66. The number of allylic oxidation sites excluding steroid dienone is 1. The third-order valence-electron chi connectivity index (χ3n) is 2.62. The van der Waals surface area contributed by atoms with E-state index < -0.39 is 0 Å². The second-order valence-electron chi connectivity index (χ2n) is 4.27. The smallest absolute Gasteiger partial charge is 0.228 e. The van der Waals surface area contributed by atoms with E-state index in [4.69, 9.17) is 0 Å². The molecule has 1 amide bonds. The molecule has 1 rings (SSSR count). The highest BCUT2D eigenvalue weighted by atomic mass is 16.1. The Kier molecular flexibility index (Phi) is 6.08. The van der Waals surface area contributed by atoms with Gasteiger partial charge in [0.05, 0.1) is 0 Å². The molecule has 0 aliphatic heterocycles. The minimum Gasteiger partial charge on any atom is -0.326 e. The summed E-state index contributed by atoms with van der Waals surface area (Å²) in [5, 5.41) is 2.87. The van der Waals surface area contributed by atoms with E-state index in [-0.39, 0.29) is 5.91 Å². The van der Waals surface area contributed by atoms with Crippen LogP contribution >= 0.6 is 0 Å². The standard InChI is InChI=1S/C15H21NO/c1-3-4-8-13(2)11-12-15(17)16-14-9-6-5-7-10-14/h5-7,9-11H,3-4,8,12H2,1-2H3,(H,16,17)/b13-11+. The summed E-state index contributed by atoms with van der Waals surface area (Å²) in [5.41, 5.74) is 2.16. The normalized spacial score (nSPS) is 11.3. The van der Waals surface area contributed by atoms with Crippen LogP contribution in [0, 0.1) is 0 Å². The first kappa shape index (κ1) is 13.5. The van der Waals surface area contributed by atoms with E-state index in [1.165, 1.54) is 18.4 Å². The van der Waals surface area contributed by atoms with Crippen molar-refractivity contribution in [2.75, 3.05) is 5.32 Å². The highest BCUT2D eigenvalue weighted by molar-refractivity contribution is 5.91. The maximum atomic E-state index is 11.6. The van der Waals surface area contributed by atoms with E-state index in [1.807, 2.05) is 36.4 Å². The zero-order valence-corrected chi connectivity index (χ0v) is 10.7. The van der Waals surface area contributed by atoms with Crippen molar-refractivity contribution in [3.8, 4) is 0 Å². The summed E-state index contributed by atoms with van der Waals surface area (Å²) < 4.78 is 0. The Morgan fingerprint density at radius 2 is 2.00 bits per heavy atom. The van der Waals surface area contributed by atoms with Crippen LogP contribution in [0.25, 0.3) is 0 Å². The van der Waals surface area contributed by atoms with E-state index in [1.54, 1.807) is 0 Å². The van der Waals surface area contributed by atoms with Crippen LogP contribution in [-0.4, -0.2) is 5.91 Å². The number of rotatable bonds is 6. The summed E-state index contributed by atoms with van der Waals surface area (Å²) in [6.07, 6.45) is 5.97. The summed E-state index contributed by atoms with van der Waals surface area (Å²) in [6.45, 7) is 4.26. The molecule has 1 aromatic carbocycles. The maximum absolute atomic E-state index is 11.6. The van der Waals surface area contributed by atoms with Crippen molar-refractivity contribution in [1.29, 1.82) is 0 Å². The Bertz CT molecular complexity index is 368. The molecular formula is C15H21NO. The van der Waals surface area contributed by atoms with Crippen molar-refractivity contribution < 1.29 is 4.79 Å². The number of benzene rings is 1. The third-order valence-corrected chi connectivity index (χ3v) is 2.62. The van der Waals surface area contributed by atoms with Gasteiger partial charge in [0.25, 0.3) is 0 Å². The van der Waals surface area contributed by atoms with Crippen LogP contribution < -0.4 is 5.32 Å². The topological polar surface area (TPSA) is 29.1 Å². The fraction of sp³-hybridized carbons (Fsp3) is 0.400. The lowest BCUT2D eigenvalue weighted by Gasteiger charge is -2.03. The van der Waals surface area contributed by atoms with Gasteiger partial charge in [-0.25, -0.2) is 0 Å². The Morgan fingerprint density at radius 3 is 2.65 bits per heavy atom. The molecule has 0 heterocycles. The van der Waals surface area contributed by atoms with Crippen LogP contribution in [0.1, 0.15) is 39.5 Å². The number of amides is 1. The predicted octanol–water partition coefficient (Wildman–Crippen LogP) is 4.15. The van der Waals surface area contributed by atoms with E-state index in [2.05, 4.69) is 19.2 Å². The molecule has 0 aromatic heterocycles. The van der Waals surface area contributed by atoms with Gasteiger partial charge in [-0.05, 0) is 31.9 Å². The molecule has 0 unspecified atom stereocenters. The number of para-hydroxylation sites is 1. The first-order chi connectivity index (χ1) is 8.22. The lowest BCUT2D eigenvalue weighted by atomic mass is 10.1. The number of anilines is 1. The molecule has 0 atom stereocenters. The summed E-state index contributed by atoms with van der Waals surface area (Å²) >= 11 is 0. The van der Waals surface area contributed by atoms with Gasteiger partial charge < -0.3 is 5.32 Å².